The van der Waals surface area contributed by atoms with E-state index in [4.69, 9.17) is 15.4 Å². The smallest absolute Gasteiger partial charge is 0.789 e. The Bertz CT molecular complexity index is 789. The van der Waals surface area contributed by atoms with Gasteiger partial charge in [-0.05, 0) is 6.07 Å². The molecule has 0 amide bonds. The van der Waals surface area contributed by atoms with Crippen LogP contribution in [0.15, 0.2) is 17.1 Å². The van der Waals surface area contributed by atoms with Crippen molar-refractivity contribution in [3.05, 3.63) is 22.7 Å². The quantitative estimate of drug-likeness (QED) is 0.189. The first-order valence-corrected chi connectivity index (χ1v) is 9.42. The Hall–Kier alpha value is 0.0148. The number of nitrogens with two attached hydrogens (primary N) is 1. The molecule has 1 aliphatic heterocycles. The van der Waals surface area contributed by atoms with E-state index in [9.17, 15) is 33.9 Å². The van der Waals surface area contributed by atoms with E-state index in [1.54, 1.807) is 0 Å². The van der Waals surface area contributed by atoms with Crippen molar-refractivity contribution >= 4 is 21.5 Å². The predicted octanol–water partition coefficient (Wildman–Crippen LogP) is -9.59. The normalized spacial score (nSPS) is 27.3. The van der Waals surface area contributed by atoms with Crippen LogP contribution in [0.4, 0.5) is 5.82 Å². The van der Waals surface area contributed by atoms with Gasteiger partial charge >= 0.3 is 51.2 Å². The van der Waals surface area contributed by atoms with E-state index in [0.29, 0.717) is 0 Å². The molecule has 5 atom stereocenters. The number of anilines is 1. The van der Waals surface area contributed by atoms with Crippen molar-refractivity contribution < 1.29 is 85.3 Å². The maximum Gasteiger partial charge on any atom is 1.00 e. The summed E-state index contributed by atoms with van der Waals surface area (Å²) in [6, 6.07) is 1.23. The Balaban J connectivity index is 0.00000338. The van der Waals surface area contributed by atoms with Crippen LogP contribution in [0.5, 0.6) is 0 Å². The number of hydrogen-bond acceptors (Lipinski definition) is 12. The summed E-state index contributed by atoms with van der Waals surface area (Å²) in [6.45, 7) is -0.931. The van der Waals surface area contributed by atoms with Crippen molar-refractivity contribution in [1.29, 1.82) is 0 Å². The molecule has 1 saturated heterocycles. The molecule has 1 aromatic rings. The molecule has 1 aliphatic rings. The third-order valence-corrected chi connectivity index (χ3v) is 5.17. The fraction of sp³-hybridized carbons (Fsp3) is 0.556. The van der Waals surface area contributed by atoms with Crippen LogP contribution in [0.1, 0.15) is 6.23 Å². The molecule has 142 valence electrons. The number of aliphatic hydroxyl groups is 2. The molecule has 0 aliphatic carbocycles. The van der Waals surface area contributed by atoms with Gasteiger partial charge in [0.25, 0.3) is 0 Å². The predicted molar refractivity (Wildman–Crippen MR) is 73.3 cm³/mol. The van der Waals surface area contributed by atoms with E-state index in [1.165, 1.54) is 6.07 Å². The summed E-state index contributed by atoms with van der Waals surface area (Å²) < 4.78 is 35.2. The number of rotatable bonds is 6. The molecule has 0 spiro atoms. The zero-order chi connectivity index (χ0) is 19.0. The molecular formula is C9H13Li2N3O11P2. The maximum absolute atomic E-state index is 11.7. The van der Waals surface area contributed by atoms with Gasteiger partial charge in [-0.3, -0.25) is 13.4 Å². The monoisotopic (exact) mass is 424 g/mol. The second-order valence-electron chi connectivity index (χ2n) is 4.88. The number of nitrogens with zero attached hydrogens (tertiary/aromatic N) is 2. The summed E-state index contributed by atoms with van der Waals surface area (Å²) in [6.07, 6.45) is -5.07. The molecule has 0 aromatic carbocycles. The number of aromatic nitrogens is 2. The van der Waals surface area contributed by atoms with Crippen LogP contribution in [0.3, 0.4) is 0 Å². The third-order valence-electron chi connectivity index (χ3n) is 3.07. The number of phosphoric acid groups is 2. The van der Waals surface area contributed by atoms with Crippen molar-refractivity contribution in [2.45, 2.75) is 24.5 Å². The van der Waals surface area contributed by atoms with Crippen LogP contribution >= 0.6 is 15.6 Å². The van der Waals surface area contributed by atoms with E-state index in [2.05, 4.69) is 13.8 Å². The Kier molecular flexibility index (Phi) is 10.2. The van der Waals surface area contributed by atoms with Gasteiger partial charge in [0, 0.05) is 6.20 Å². The Morgan fingerprint density at radius 3 is 2.41 bits per heavy atom. The van der Waals surface area contributed by atoms with Crippen LogP contribution in [-0.2, 0) is 22.7 Å². The van der Waals surface area contributed by atoms with Gasteiger partial charge in [-0.15, -0.1) is 0 Å². The Labute approximate surface area is 175 Å². The van der Waals surface area contributed by atoms with Crippen molar-refractivity contribution in [1.82, 2.24) is 9.55 Å². The van der Waals surface area contributed by atoms with Gasteiger partial charge in [-0.25, -0.2) is 9.36 Å². The van der Waals surface area contributed by atoms with Crippen molar-refractivity contribution in [2.75, 3.05) is 12.3 Å². The first-order chi connectivity index (χ1) is 11.4. The topological polar surface area (TPSA) is 230 Å². The molecule has 5 N–H and O–H groups in total. The van der Waals surface area contributed by atoms with Gasteiger partial charge in [-0.2, -0.15) is 4.98 Å². The molecule has 14 nitrogen and oxygen atoms in total. The summed E-state index contributed by atoms with van der Waals surface area (Å²) in [4.78, 5) is 44.9. The first-order valence-electron chi connectivity index (χ1n) is 6.46. The van der Waals surface area contributed by atoms with Crippen LogP contribution < -0.4 is 58.9 Å². The Morgan fingerprint density at radius 1 is 1.30 bits per heavy atom. The molecule has 27 heavy (non-hydrogen) atoms. The molecule has 0 radical (unpaired) electrons. The summed E-state index contributed by atoms with van der Waals surface area (Å²) in [7, 11) is -11.1. The summed E-state index contributed by atoms with van der Waals surface area (Å²) >= 11 is 0. The van der Waals surface area contributed by atoms with Crippen molar-refractivity contribution in [3.8, 4) is 0 Å². The maximum atomic E-state index is 11.7. The van der Waals surface area contributed by atoms with Crippen molar-refractivity contribution in [2.24, 2.45) is 0 Å². The third kappa shape index (κ3) is 7.40. The molecule has 2 unspecified atom stereocenters. The van der Waals surface area contributed by atoms with Gasteiger partial charge in [-0.1, -0.05) is 0 Å². The fourth-order valence-electron chi connectivity index (χ4n) is 2.03. The average molecular weight is 424 g/mol. The number of aliphatic hydroxyl groups excluding tert-OH is 2. The van der Waals surface area contributed by atoms with E-state index < -0.39 is 52.5 Å². The second kappa shape index (κ2) is 10.2. The molecule has 1 aromatic heterocycles. The molecular weight excluding hydrogens is 411 g/mol. The minimum Gasteiger partial charge on any atom is -0.789 e. The number of hydrogen-bond donors (Lipinski definition) is 4. The molecule has 18 heteroatoms. The van der Waals surface area contributed by atoms with Crippen LogP contribution in [0.25, 0.3) is 0 Å². The minimum absolute atomic E-state index is 0. The minimum atomic E-state index is -5.80. The second-order valence-corrected chi connectivity index (χ2v) is 7.62. The average Bonchev–Trinajstić information content (AvgIpc) is 2.71. The van der Waals surface area contributed by atoms with Gasteiger partial charge in [0.05, 0.1) is 14.4 Å². The van der Waals surface area contributed by atoms with E-state index >= 15 is 0 Å². The molecule has 0 saturated carbocycles. The van der Waals surface area contributed by atoms with Gasteiger partial charge < -0.3 is 39.9 Å². The number of ether oxygens (including phenoxy) is 1. The fourth-order valence-corrected chi connectivity index (χ4v) is 3.57. The standard InChI is InChI=1S/C9H15N3O11P2.2Li/c10-5-1-2-12(9(15)11-5)8-7(14)6(13)4(22-8)3-21-25(19,20)23-24(16,17)18;;/h1-2,4,6-8,13-14H,3H2,(H,19,20)(H2,10,11,15)(H2,16,17,18);;/q;2*+1/p-2/t4-,6?,7+,8-;;/m1../s1/i1+1,2+1,3+1,4+1,5+1,6+1,7+1,8+1,9+1;;. The van der Waals surface area contributed by atoms with Crippen molar-refractivity contribution in [3.63, 3.8) is 0 Å². The van der Waals surface area contributed by atoms with Gasteiger partial charge in [0.15, 0.2) is 6.23 Å². The van der Waals surface area contributed by atoms with E-state index in [-0.39, 0.29) is 43.5 Å². The summed E-state index contributed by atoms with van der Waals surface area (Å²) in [5.41, 5.74) is 4.42. The van der Waals surface area contributed by atoms with Gasteiger partial charge in [0.2, 0.25) is 0 Å². The Morgan fingerprint density at radius 2 is 1.89 bits per heavy atom. The van der Waals surface area contributed by atoms with Crippen LogP contribution in [0.2, 0.25) is 0 Å². The largest absolute Gasteiger partial charge is 1.00 e. The summed E-state index contributed by atoms with van der Waals surface area (Å²) in [5.74, 6) is -0.0906. The zero-order valence-corrected chi connectivity index (χ0v) is 15.9. The first kappa shape index (κ1) is 27.0. The summed E-state index contributed by atoms with van der Waals surface area (Å²) in [5, 5.41) is 19.8. The zero-order valence-electron chi connectivity index (χ0n) is 14.1. The van der Waals surface area contributed by atoms with Crippen LogP contribution in [-0.4, -0.2) is 49.6 Å². The molecule has 2 rings (SSSR count). The number of nitrogen functional groups attached to an aromatic ring is 1. The van der Waals surface area contributed by atoms with E-state index in [1.807, 2.05) is 0 Å². The van der Waals surface area contributed by atoms with E-state index in [0.717, 1.165) is 10.8 Å². The molecule has 2 heterocycles. The SMILES string of the molecule is N[13c]1[13cH][13cH]n([13C@@H]2O[13C@H]([13CH2]OP(=O)(O)OP(=O)([O-])[O-])[13CH](O)[13C@@H]2O)[13c](=O)n1.[Li+].[Li+]. The number of phosphoric ester groups is 1. The molecule has 1 fully saturated rings. The molecule has 0 bridgehead atoms. The van der Waals surface area contributed by atoms with Crippen LogP contribution in [0, 0.1) is 0 Å². The van der Waals surface area contributed by atoms with Gasteiger partial charge in [0.1, 0.15) is 24.1 Å².